The van der Waals surface area contributed by atoms with Crippen molar-refractivity contribution < 1.29 is 17.9 Å². The quantitative estimate of drug-likeness (QED) is 0.900. The van der Waals surface area contributed by atoms with Gasteiger partial charge in [-0.15, -0.1) is 0 Å². The zero-order chi connectivity index (χ0) is 15.5. The molecule has 0 bridgehead atoms. The van der Waals surface area contributed by atoms with E-state index in [1.54, 1.807) is 27.3 Å². The van der Waals surface area contributed by atoms with Crippen LogP contribution in [0, 0.1) is 0 Å². The highest BCUT2D eigenvalue weighted by Gasteiger charge is 2.36. The van der Waals surface area contributed by atoms with Crippen molar-refractivity contribution >= 4 is 9.84 Å². The third-order valence-electron chi connectivity index (χ3n) is 4.04. The summed E-state index contributed by atoms with van der Waals surface area (Å²) in [6.07, 6.45) is 2.40. The number of rotatable bonds is 5. The van der Waals surface area contributed by atoms with E-state index in [1.165, 1.54) is 0 Å². The second-order valence-electron chi connectivity index (χ2n) is 5.31. The summed E-state index contributed by atoms with van der Waals surface area (Å²) < 4.78 is 35.3. The number of sulfone groups is 1. The maximum absolute atomic E-state index is 12.4. The molecular weight excluding hydrogens is 290 g/mol. The molecule has 2 atom stereocenters. The van der Waals surface area contributed by atoms with Crippen molar-refractivity contribution in [2.75, 3.05) is 27.0 Å². The van der Waals surface area contributed by atoms with Crippen LogP contribution in [-0.2, 0) is 9.84 Å². The summed E-state index contributed by atoms with van der Waals surface area (Å²) >= 11 is 0. The molecule has 21 heavy (non-hydrogen) atoms. The smallest absolute Gasteiger partial charge is 0.155 e. The van der Waals surface area contributed by atoms with Crippen LogP contribution in [-0.4, -0.2) is 40.7 Å². The second kappa shape index (κ2) is 6.66. The van der Waals surface area contributed by atoms with Crippen molar-refractivity contribution in [3.8, 4) is 11.5 Å². The predicted molar refractivity (Wildman–Crippen MR) is 82.8 cm³/mol. The average molecular weight is 313 g/mol. The molecule has 1 heterocycles. The minimum atomic E-state index is -3.07. The van der Waals surface area contributed by atoms with Crippen LogP contribution in [0.2, 0.25) is 0 Å². The van der Waals surface area contributed by atoms with E-state index >= 15 is 0 Å². The molecule has 2 rings (SSSR count). The number of benzene rings is 1. The Hall–Kier alpha value is -1.27. The molecule has 5 nitrogen and oxygen atoms in total. The van der Waals surface area contributed by atoms with Crippen molar-refractivity contribution in [2.24, 2.45) is 0 Å². The summed E-state index contributed by atoms with van der Waals surface area (Å²) in [6.45, 7) is 0. The summed E-state index contributed by atoms with van der Waals surface area (Å²) in [5, 5.41) is 2.76. The molecule has 0 spiro atoms. The first-order valence-corrected chi connectivity index (χ1v) is 8.85. The van der Waals surface area contributed by atoms with E-state index in [0.717, 1.165) is 18.4 Å². The molecule has 0 amide bonds. The Morgan fingerprint density at radius 1 is 1.14 bits per heavy atom. The van der Waals surface area contributed by atoms with Gasteiger partial charge in [-0.1, -0.05) is 6.42 Å². The molecule has 6 heteroatoms. The van der Waals surface area contributed by atoms with E-state index in [9.17, 15) is 8.42 Å². The highest BCUT2D eigenvalue weighted by atomic mass is 32.2. The molecule has 1 fully saturated rings. The fourth-order valence-corrected chi connectivity index (χ4v) is 5.07. The number of methoxy groups -OCH3 is 2. The van der Waals surface area contributed by atoms with Crippen LogP contribution in [0.15, 0.2) is 18.2 Å². The molecule has 2 unspecified atom stereocenters. The maximum Gasteiger partial charge on any atom is 0.155 e. The van der Waals surface area contributed by atoms with Crippen LogP contribution in [0.25, 0.3) is 0 Å². The molecule has 1 aliphatic heterocycles. The molecule has 1 aromatic rings. The molecule has 118 valence electrons. The number of hydrogen-bond donors (Lipinski definition) is 1. The molecule has 0 saturated carbocycles. The molecule has 0 aliphatic carbocycles. The number of ether oxygens (including phenoxy) is 2. The van der Waals surface area contributed by atoms with Crippen LogP contribution in [0.5, 0.6) is 11.5 Å². The van der Waals surface area contributed by atoms with Gasteiger partial charge < -0.3 is 14.8 Å². The van der Waals surface area contributed by atoms with Gasteiger partial charge in [0.2, 0.25) is 0 Å². The zero-order valence-electron chi connectivity index (χ0n) is 12.8. The minimum Gasteiger partial charge on any atom is -0.497 e. The molecule has 0 radical (unpaired) electrons. The van der Waals surface area contributed by atoms with Gasteiger partial charge >= 0.3 is 0 Å². The SMILES string of the molecule is CNC(c1cc(OC)cc(OC)c1)C1CCCCS1(=O)=O. The van der Waals surface area contributed by atoms with Crippen molar-refractivity contribution in [2.45, 2.75) is 30.6 Å². The van der Waals surface area contributed by atoms with Gasteiger partial charge in [-0.3, -0.25) is 0 Å². The largest absolute Gasteiger partial charge is 0.497 e. The highest BCUT2D eigenvalue weighted by Crippen LogP contribution is 2.34. The Bertz CT molecular complexity index is 563. The molecule has 0 aromatic heterocycles. The number of nitrogens with one attached hydrogen (secondary N) is 1. The molecule has 1 aliphatic rings. The van der Waals surface area contributed by atoms with Gasteiger partial charge in [0.25, 0.3) is 0 Å². The van der Waals surface area contributed by atoms with Gasteiger partial charge in [0, 0.05) is 12.1 Å². The normalized spacial score (nSPS) is 22.5. The molecule has 1 aromatic carbocycles. The van der Waals surface area contributed by atoms with Crippen LogP contribution in [0.3, 0.4) is 0 Å². The molecular formula is C15H23NO4S. The van der Waals surface area contributed by atoms with Crippen LogP contribution < -0.4 is 14.8 Å². The Balaban J connectivity index is 2.41. The second-order valence-corrected chi connectivity index (χ2v) is 7.65. The summed E-state index contributed by atoms with van der Waals surface area (Å²) in [4.78, 5) is 0. The van der Waals surface area contributed by atoms with E-state index in [1.807, 2.05) is 12.1 Å². The van der Waals surface area contributed by atoms with Crippen LogP contribution in [0.1, 0.15) is 30.9 Å². The van der Waals surface area contributed by atoms with Gasteiger partial charge in [0.05, 0.1) is 25.2 Å². The third-order valence-corrected chi connectivity index (χ3v) is 6.33. The van der Waals surface area contributed by atoms with Crippen molar-refractivity contribution in [3.05, 3.63) is 23.8 Å². The third kappa shape index (κ3) is 3.49. The van der Waals surface area contributed by atoms with Gasteiger partial charge in [0.1, 0.15) is 11.5 Å². The lowest BCUT2D eigenvalue weighted by Gasteiger charge is -2.30. The Kier molecular flexibility index (Phi) is 5.11. The van der Waals surface area contributed by atoms with Crippen molar-refractivity contribution in [3.63, 3.8) is 0 Å². The Labute approximate surface area is 126 Å². The standard InChI is InChI=1S/C15H23NO4S/c1-16-15(14-6-4-5-7-21(14,17)18)11-8-12(19-2)10-13(9-11)20-3/h8-10,14-16H,4-7H2,1-3H3. The zero-order valence-corrected chi connectivity index (χ0v) is 13.6. The lowest BCUT2D eigenvalue weighted by Crippen LogP contribution is -2.39. The first-order chi connectivity index (χ1) is 10.0. The summed E-state index contributed by atoms with van der Waals surface area (Å²) in [7, 11) is 1.90. The van der Waals surface area contributed by atoms with E-state index in [0.29, 0.717) is 17.9 Å². The maximum atomic E-state index is 12.4. The lowest BCUT2D eigenvalue weighted by molar-refractivity contribution is 0.390. The first-order valence-electron chi connectivity index (χ1n) is 7.13. The highest BCUT2D eigenvalue weighted by molar-refractivity contribution is 7.92. The Morgan fingerprint density at radius 3 is 2.24 bits per heavy atom. The van der Waals surface area contributed by atoms with Crippen LogP contribution >= 0.6 is 0 Å². The van der Waals surface area contributed by atoms with Gasteiger partial charge in [-0.25, -0.2) is 8.42 Å². The van der Waals surface area contributed by atoms with Gasteiger partial charge in [-0.05, 0) is 37.6 Å². The summed E-state index contributed by atoms with van der Waals surface area (Å²) in [5.74, 6) is 1.60. The van der Waals surface area contributed by atoms with E-state index < -0.39 is 15.1 Å². The van der Waals surface area contributed by atoms with Crippen LogP contribution in [0.4, 0.5) is 0 Å². The average Bonchev–Trinajstić information content (AvgIpc) is 2.49. The number of hydrogen-bond acceptors (Lipinski definition) is 5. The fraction of sp³-hybridized carbons (Fsp3) is 0.600. The fourth-order valence-electron chi connectivity index (χ4n) is 2.93. The molecule has 1 saturated heterocycles. The Morgan fingerprint density at radius 2 is 1.76 bits per heavy atom. The van der Waals surface area contributed by atoms with E-state index in [2.05, 4.69) is 5.32 Å². The summed E-state index contributed by atoms with van der Waals surface area (Å²) in [5.41, 5.74) is 0.879. The first kappa shape index (κ1) is 16.1. The van der Waals surface area contributed by atoms with Crippen molar-refractivity contribution in [1.82, 2.24) is 5.32 Å². The van der Waals surface area contributed by atoms with Crippen molar-refractivity contribution in [1.29, 1.82) is 0 Å². The summed E-state index contributed by atoms with van der Waals surface area (Å²) in [6, 6.07) is 5.27. The predicted octanol–water partition coefficient (Wildman–Crippen LogP) is 1.93. The van der Waals surface area contributed by atoms with E-state index in [4.69, 9.17) is 9.47 Å². The minimum absolute atomic E-state index is 0.251. The van der Waals surface area contributed by atoms with Gasteiger partial charge in [-0.2, -0.15) is 0 Å². The van der Waals surface area contributed by atoms with E-state index in [-0.39, 0.29) is 11.8 Å². The molecule has 1 N–H and O–H groups in total. The topological polar surface area (TPSA) is 64.6 Å². The monoisotopic (exact) mass is 313 g/mol. The lowest BCUT2D eigenvalue weighted by atomic mass is 9.99. The van der Waals surface area contributed by atoms with Gasteiger partial charge in [0.15, 0.2) is 9.84 Å².